The van der Waals surface area contributed by atoms with Crippen molar-refractivity contribution in [1.82, 2.24) is 0 Å². The molecule has 9 heteroatoms. The molecule has 0 radical (unpaired) electrons. The molecule has 1 saturated carbocycles. The molecular formula is C38H60O5S2Si2. The van der Waals surface area contributed by atoms with E-state index in [4.69, 9.17) is 13.6 Å². The minimum absolute atomic E-state index is 0.0386. The Balaban J connectivity index is 1.95. The Kier molecular flexibility index (Phi) is 13.7. The van der Waals surface area contributed by atoms with Crippen LogP contribution in [0.1, 0.15) is 66.9 Å². The molecule has 0 amide bonds. The van der Waals surface area contributed by atoms with Gasteiger partial charge in [-0.05, 0) is 77.5 Å². The fraction of sp³-hybridized carbons (Fsp3) is 0.632. The van der Waals surface area contributed by atoms with Crippen molar-refractivity contribution in [2.45, 2.75) is 121 Å². The van der Waals surface area contributed by atoms with Gasteiger partial charge in [-0.15, -0.1) is 11.8 Å². The lowest BCUT2D eigenvalue weighted by molar-refractivity contribution is -0.137. The molecule has 1 unspecified atom stereocenters. The first-order valence-electron chi connectivity index (χ1n) is 17.0. The Morgan fingerprint density at radius 3 is 2.17 bits per heavy atom. The van der Waals surface area contributed by atoms with E-state index in [1.165, 1.54) is 23.4 Å². The molecule has 0 aromatic heterocycles. The van der Waals surface area contributed by atoms with Crippen LogP contribution in [-0.2, 0) is 29.6 Å². The van der Waals surface area contributed by atoms with Crippen molar-refractivity contribution in [3.05, 3.63) is 60.2 Å². The van der Waals surface area contributed by atoms with Crippen molar-refractivity contribution in [2.24, 2.45) is 5.92 Å². The first-order chi connectivity index (χ1) is 21.7. The van der Waals surface area contributed by atoms with Gasteiger partial charge in [-0.3, -0.25) is 9.59 Å². The van der Waals surface area contributed by atoms with Crippen molar-refractivity contribution in [2.75, 3.05) is 24.4 Å². The number of carbonyl (C=O) groups excluding carboxylic acids is 2. The Bertz CT molecular complexity index is 1390. The number of Topliss-reactive ketones (excluding diaryl/α,β-unsaturated/α-hetero) is 1. The molecule has 1 fully saturated rings. The molecule has 47 heavy (non-hydrogen) atoms. The van der Waals surface area contributed by atoms with Gasteiger partial charge in [0.15, 0.2) is 16.6 Å². The number of carbonyl (C=O) groups is 2. The maximum Gasteiger partial charge on any atom is 0.315 e. The Morgan fingerprint density at radius 1 is 0.915 bits per heavy atom. The zero-order valence-corrected chi connectivity index (χ0v) is 34.7. The number of ether oxygens (including phenoxy) is 1. The number of rotatable bonds is 15. The summed E-state index contributed by atoms with van der Waals surface area (Å²) >= 11 is 3.33. The van der Waals surface area contributed by atoms with E-state index in [1.807, 2.05) is 0 Å². The van der Waals surface area contributed by atoms with E-state index in [9.17, 15) is 9.59 Å². The minimum Gasteiger partial charge on any atom is -0.468 e. The van der Waals surface area contributed by atoms with Crippen molar-refractivity contribution >= 4 is 62.7 Å². The van der Waals surface area contributed by atoms with E-state index >= 15 is 0 Å². The summed E-state index contributed by atoms with van der Waals surface area (Å²) < 4.78 is 19.0. The SMILES string of the molecule is COC(=O)CSCCCS[C@H]1C(=O)C[C@@H](O[Si](C)(C)C(C)(C)C)[C@@H]1C=CC(C)(Cc1ccc2ccccc2c1)O[Si](C)(C)C(C)(C)C. The number of thioether (sulfide) groups is 2. The number of hydrogen-bond acceptors (Lipinski definition) is 7. The molecule has 0 N–H and O–H groups in total. The van der Waals surface area contributed by atoms with E-state index in [2.05, 4.69) is 129 Å². The third kappa shape index (κ3) is 11.1. The summed E-state index contributed by atoms with van der Waals surface area (Å²) in [5.74, 6) is 2.12. The van der Waals surface area contributed by atoms with Crippen molar-refractivity contribution < 1.29 is 23.2 Å². The van der Waals surface area contributed by atoms with Gasteiger partial charge in [0.25, 0.3) is 0 Å². The van der Waals surface area contributed by atoms with Gasteiger partial charge in [0.05, 0.1) is 29.8 Å². The van der Waals surface area contributed by atoms with Crippen LogP contribution in [0.25, 0.3) is 10.8 Å². The molecule has 0 saturated heterocycles. The highest BCUT2D eigenvalue weighted by Crippen LogP contribution is 2.44. The van der Waals surface area contributed by atoms with Crippen LogP contribution < -0.4 is 0 Å². The van der Waals surface area contributed by atoms with Crippen molar-refractivity contribution in [3.8, 4) is 0 Å². The molecule has 1 aliphatic rings. The lowest BCUT2D eigenvalue weighted by atomic mass is 9.92. The van der Waals surface area contributed by atoms with Crippen LogP contribution in [-0.4, -0.2) is 69.7 Å². The normalized spacial score (nSPS) is 21.0. The van der Waals surface area contributed by atoms with Gasteiger partial charge in [0.2, 0.25) is 0 Å². The molecule has 0 aliphatic heterocycles. The van der Waals surface area contributed by atoms with E-state index < -0.39 is 22.2 Å². The van der Waals surface area contributed by atoms with Crippen LogP contribution in [0.2, 0.25) is 36.3 Å². The number of benzene rings is 2. The molecule has 2 aromatic rings. The zero-order valence-electron chi connectivity index (χ0n) is 31.0. The summed E-state index contributed by atoms with van der Waals surface area (Å²) in [5, 5.41) is 2.39. The summed E-state index contributed by atoms with van der Waals surface area (Å²) in [6.07, 6.45) is 6.51. The van der Waals surface area contributed by atoms with Crippen molar-refractivity contribution in [1.29, 1.82) is 0 Å². The summed E-state index contributed by atoms with van der Waals surface area (Å²) in [4.78, 5) is 25.2. The van der Waals surface area contributed by atoms with Gasteiger partial charge >= 0.3 is 5.97 Å². The highest BCUT2D eigenvalue weighted by atomic mass is 32.2. The van der Waals surface area contributed by atoms with Crippen LogP contribution in [0.4, 0.5) is 0 Å². The predicted molar refractivity (Wildman–Crippen MR) is 209 cm³/mol. The third-order valence-corrected chi connectivity index (χ3v) is 21.8. The average molecular weight is 717 g/mol. The smallest absolute Gasteiger partial charge is 0.315 e. The Hall–Kier alpha value is -1.37. The fourth-order valence-corrected chi connectivity index (χ4v) is 10.7. The molecule has 2 aromatic carbocycles. The maximum absolute atomic E-state index is 13.7. The standard InChI is InChI=1S/C38H60O5S2Si2/c1-36(2,3)46(9,10)42-33-25-32(39)35(45-23-15-22-44-27-34(40)41-8)31(33)20-21-38(7,43-47(11,12)37(4,5)6)26-28-18-19-29-16-13-14-17-30(29)24-28/h13-14,16-21,24,31,33,35H,15,22-23,25-27H2,1-12H3/t31-,33+,35+,38?/m0/s1. The molecule has 4 atom stereocenters. The van der Waals surface area contributed by atoms with Gasteiger partial charge in [-0.25, -0.2) is 0 Å². The van der Waals surface area contributed by atoms with Gasteiger partial charge in [-0.2, -0.15) is 11.8 Å². The number of ketones is 1. The van der Waals surface area contributed by atoms with E-state index in [0.29, 0.717) is 12.2 Å². The number of esters is 1. The molecular weight excluding hydrogens is 657 g/mol. The van der Waals surface area contributed by atoms with E-state index in [-0.39, 0.29) is 39.1 Å². The monoisotopic (exact) mass is 716 g/mol. The second-order valence-electron chi connectivity index (χ2n) is 16.3. The molecule has 3 rings (SSSR count). The maximum atomic E-state index is 13.7. The molecule has 5 nitrogen and oxygen atoms in total. The van der Waals surface area contributed by atoms with Crippen LogP contribution in [0.5, 0.6) is 0 Å². The number of fused-ring (bicyclic) bond motifs is 1. The van der Waals surface area contributed by atoms with Crippen molar-refractivity contribution in [3.63, 3.8) is 0 Å². The quantitative estimate of drug-likeness (QED) is 0.0787. The molecule has 0 spiro atoms. The lowest BCUT2D eigenvalue weighted by Gasteiger charge is -2.43. The summed E-state index contributed by atoms with van der Waals surface area (Å²) in [7, 11) is -2.87. The van der Waals surface area contributed by atoms with Gasteiger partial charge in [0.1, 0.15) is 5.78 Å². The highest BCUT2D eigenvalue weighted by molar-refractivity contribution is 8.01. The fourth-order valence-electron chi connectivity index (χ4n) is 5.48. The summed E-state index contributed by atoms with van der Waals surface area (Å²) in [6.45, 7) is 25.0. The van der Waals surface area contributed by atoms with Crippen LogP contribution in [0, 0.1) is 5.92 Å². The average Bonchev–Trinajstić information content (AvgIpc) is 3.24. The first kappa shape index (κ1) is 40.1. The number of hydrogen-bond donors (Lipinski definition) is 0. The van der Waals surface area contributed by atoms with Gasteiger partial charge < -0.3 is 13.6 Å². The lowest BCUT2D eigenvalue weighted by Crippen LogP contribution is -2.49. The van der Waals surface area contributed by atoms with Gasteiger partial charge in [0, 0.05) is 18.8 Å². The Morgan fingerprint density at radius 2 is 1.55 bits per heavy atom. The zero-order chi connectivity index (χ0) is 35.3. The summed E-state index contributed by atoms with van der Waals surface area (Å²) in [6, 6.07) is 15.2. The summed E-state index contributed by atoms with van der Waals surface area (Å²) in [5.41, 5.74) is 0.680. The molecule has 1 aliphatic carbocycles. The van der Waals surface area contributed by atoms with Crippen LogP contribution in [0.15, 0.2) is 54.6 Å². The number of methoxy groups -OCH3 is 1. The Labute approximate surface area is 296 Å². The van der Waals surface area contributed by atoms with Crippen LogP contribution >= 0.6 is 23.5 Å². The third-order valence-electron chi connectivity index (χ3n) is 10.3. The van der Waals surface area contributed by atoms with Crippen LogP contribution in [0.3, 0.4) is 0 Å². The minimum atomic E-state index is -2.16. The molecule has 262 valence electrons. The van der Waals surface area contributed by atoms with Gasteiger partial charge in [-0.1, -0.05) is 96.2 Å². The molecule has 0 bridgehead atoms. The second kappa shape index (κ2) is 16.1. The first-order valence-corrected chi connectivity index (χ1v) is 25.0. The second-order valence-corrected chi connectivity index (χ2v) is 28.2. The topological polar surface area (TPSA) is 61.8 Å². The van der Waals surface area contributed by atoms with E-state index in [1.54, 1.807) is 23.5 Å². The highest BCUT2D eigenvalue weighted by Gasteiger charge is 2.48. The van der Waals surface area contributed by atoms with E-state index in [0.717, 1.165) is 24.3 Å². The predicted octanol–water partition coefficient (Wildman–Crippen LogP) is 10.1. The largest absolute Gasteiger partial charge is 0.468 e. The molecule has 0 heterocycles.